The van der Waals surface area contributed by atoms with Crippen LogP contribution in [-0.2, 0) is 17.1 Å². The average Bonchev–Trinajstić information content (AvgIpc) is 2.54. The van der Waals surface area contributed by atoms with Crippen LogP contribution in [0.15, 0.2) is 42.5 Å². The molecule has 144 valence electrons. The summed E-state index contributed by atoms with van der Waals surface area (Å²) in [5.41, 5.74) is -4.44. The highest BCUT2D eigenvalue weighted by molar-refractivity contribution is 6.05. The standard InChI is InChI=1S/C17H11F6NO3/c1-9(25)27-14-12(17(21,22)23)7-11(16(18,19)20)8-13(14)24-15(26)10-5-3-2-4-6-10/h2-8H,1H3,(H,24,26). The first-order chi connectivity index (χ1) is 12.4. The number of carbonyl (C=O) groups excluding carboxylic acids is 2. The van der Waals surface area contributed by atoms with Gasteiger partial charge in [-0.1, -0.05) is 18.2 Å². The summed E-state index contributed by atoms with van der Waals surface area (Å²) in [6.45, 7) is 0.778. The number of benzene rings is 2. The molecule has 27 heavy (non-hydrogen) atoms. The first kappa shape index (κ1) is 20.3. The number of anilines is 1. The molecule has 0 aromatic heterocycles. The van der Waals surface area contributed by atoms with Crippen LogP contribution in [0.4, 0.5) is 32.0 Å². The summed E-state index contributed by atoms with van der Waals surface area (Å²) in [4.78, 5) is 23.3. The van der Waals surface area contributed by atoms with Gasteiger partial charge in [-0.2, -0.15) is 26.3 Å². The van der Waals surface area contributed by atoms with Gasteiger partial charge < -0.3 is 10.1 Å². The first-order valence-electron chi connectivity index (χ1n) is 7.27. The fourth-order valence-electron chi connectivity index (χ4n) is 2.13. The highest BCUT2D eigenvalue weighted by atomic mass is 19.4. The van der Waals surface area contributed by atoms with E-state index < -0.39 is 46.8 Å². The third-order valence-electron chi connectivity index (χ3n) is 3.25. The Bertz CT molecular complexity index is 859. The number of amides is 1. The van der Waals surface area contributed by atoms with Gasteiger partial charge in [-0.15, -0.1) is 0 Å². The number of hydrogen-bond acceptors (Lipinski definition) is 3. The van der Waals surface area contributed by atoms with Crippen LogP contribution in [-0.4, -0.2) is 11.9 Å². The summed E-state index contributed by atoms with van der Waals surface area (Å²) in [5.74, 6) is -3.39. The lowest BCUT2D eigenvalue weighted by atomic mass is 10.1. The number of rotatable bonds is 3. The Morgan fingerprint density at radius 2 is 1.52 bits per heavy atom. The zero-order chi connectivity index (χ0) is 20.4. The molecule has 0 atom stereocenters. The van der Waals surface area contributed by atoms with Crippen LogP contribution in [0.1, 0.15) is 28.4 Å². The van der Waals surface area contributed by atoms with Gasteiger partial charge >= 0.3 is 18.3 Å². The molecule has 2 aromatic rings. The summed E-state index contributed by atoms with van der Waals surface area (Å²) < 4.78 is 83.2. The van der Waals surface area contributed by atoms with Crippen molar-refractivity contribution < 1.29 is 40.7 Å². The second kappa shape index (κ2) is 7.29. The van der Waals surface area contributed by atoms with E-state index in [9.17, 15) is 35.9 Å². The zero-order valence-corrected chi connectivity index (χ0v) is 13.5. The fraction of sp³-hybridized carbons (Fsp3) is 0.176. The van der Waals surface area contributed by atoms with Crippen molar-refractivity contribution in [2.75, 3.05) is 5.32 Å². The van der Waals surface area contributed by atoms with Gasteiger partial charge in [0.2, 0.25) is 0 Å². The molecule has 2 aromatic carbocycles. The molecule has 0 radical (unpaired) electrons. The summed E-state index contributed by atoms with van der Waals surface area (Å²) in [6, 6.07) is 7.17. The number of ether oxygens (including phenoxy) is 1. The Morgan fingerprint density at radius 1 is 0.926 bits per heavy atom. The summed E-state index contributed by atoms with van der Waals surface area (Å²) in [5, 5.41) is 1.94. The van der Waals surface area contributed by atoms with E-state index in [1.807, 2.05) is 5.32 Å². The maximum atomic E-state index is 13.2. The molecule has 10 heteroatoms. The maximum Gasteiger partial charge on any atom is 0.420 e. The number of hydrogen-bond donors (Lipinski definition) is 1. The predicted octanol–water partition coefficient (Wildman–Crippen LogP) is 4.90. The van der Waals surface area contributed by atoms with E-state index in [-0.39, 0.29) is 17.7 Å². The quantitative estimate of drug-likeness (QED) is 0.460. The van der Waals surface area contributed by atoms with Crippen molar-refractivity contribution in [3.63, 3.8) is 0 Å². The molecule has 0 bridgehead atoms. The molecule has 0 heterocycles. The van der Waals surface area contributed by atoms with E-state index in [0.29, 0.717) is 0 Å². The van der Waals surface area contributed by atoms with Crippen molar-refractivity contribution in [1.29, 1.82) is 0 Å². The van der Waals surface area contributed by atoms with Crippen LogP contribution in [0.5, 0.6) is 5.75 Å². The van der Waals surface area contributed by atoms with E-state index in [4.69, 9.17) is 0 Å². The molecule has 2 rings (SSSR count). The molecule has 0 unspecified atom stereocenters. The average molecular weight is 391 g/mol. The number of nitrogens with one attached hydrogen (secondary N) is 1. The van der Waals surface area contributed by atoms with Crippen LogP contribution in [0.25, 0.3) is 0 Å². The van der Waals surface area contributed by atoms with Crippen molar-refractivity contribution in [3.8, 4) is 5.75 Å². The van der Waals surface area contributed by atoms with Gasteiger partial charge in [0.1, 0.15) is 5.56 Å². The fourth-order valence-corrected chi connectivity index (χ4v) is 2.13. The van der Waals surface area contributed by atoms with Gasteiger partial charge in [0.05, 0.1) is 11.3 Å². The highest BCUT2D eigenvalue weighted by Gasteiger charge is 2.41. The lowest BCUT2D eigenvalue weighted by molar-refractivity contribution is -0.144. The summed E-state index contributed by atoms with van der Waals surface area (Å²) in [7, 11) is 0. The molecule has 1 N–H and O–H groups in total. The molecule has 0 fully saturated rings. The smallest absolute Gasteiger partial charge is 0.420 e. The SMILES string of the molecule is CC(=O)Oc1c(NC(=O)c2ccccc2)cc(C(F)(F)F)cc1C(F)(F)F. The Labute approximate surface area is 148 Å². The lowest BCUT2D eigenvalue weighted by Gasteiger charge is -2.19. The van der Waals surface area contributed by atoms with E-state index in [0.717, 1.165) is 6.92 Å². The van der Waals surface area contributed by atoms with Crippen LogP contribution in [0, 0.1) is 0 Å². The van der Waals surface area contributed by atoms with Gasteiger partial charge in [-0.05, 0) is 24.3 Å². The molecule has 0 aliphatic carbocycles. The summed E-state index contributed by atoms with van der Waals surface area (Å²) >= 11 is 0. The Balaban J connectivity index is 2.64. The molecule has 0 aliphatic heterocycles. The predicted molar refractivity (Wildman–Crippen MR) is 82.2 cm³/mol. The van der Waals surface area contributed by atoms with Crippen molar-refractivity contribution >= 4 is 17.6 Å². The highest BCUT2D eigenvalue weighted by Crippen LogP contribution is 2.45. The minimum atomic E-state index is -5.27. The third kappa shape index (κ3) is 4.99. The van der Waals surface area contributed by atoms with Crippen molar-refractivity contribution in [1.82, 2.24) is 0 Å². The largest absolute Gasteiger partial charge is 0.424 e. The van der Waals surface area contributed by atoms with Crippen molar-refractivity contribution in [3.05, 3.63) is 59.2 Å². The second-order valence-corrected chi connectivity index (χ2v) is 5.31. The lowest BCUT2D eigenvalue weighted by Crippen LogP contribution is -2.19. The molecule has 1 amide bonds. The third-order valence-corrected chi connectivity index (χ3v) is 3.25. The Hall–Kier alpha value is -3.04. The maximum absolute atomic E-state index is 13.2. The number of carbonyl (C=O) groups is 2. The van der Waals surface area contributed by atoms with Gasteiger partial charge in [0.25, 0.3) is 5.91 Å². The topological polar surface area (TPSA) is 55.4 Å². The molecular formula is C17H11F6NO3. The molecular weight excluding hydrogens is 380 g/mol. The monoisotopic (exact) mass is 391 g/mol. The number of halogens is 6. The zero-order valence-electron chi connectivity index (χ0n) is 13.5. The Kier molecular flexibility index (Phi) is 5.48. The molecule has 0 aliphatic rings. The second-order valence-electron chi connectivity index (χ2n) is 5.31. The molecule has 4 nitrogen and oxygen atoms in total. The van der Waals surface area contributed by atoms with Crippen molar-refractivity contribution in [2.24, 2.45) is 0 Å². The van der Waals surface area contributed by atoms with E-state index in [2.05, 4.69) is 4.74 Å². The minimum Gasteiger partial charge on any atom is -0.424 e. The normalized spacial score (nSPS) is 11.8. The van der Waals surface area contributed by atoms with Crippen LogP contribution in [0.3, 0.4) is 0 Å². The Morgan fingerprint density at radius 3 is 2.00 bits per heavy atom. The number of esters is 1. The van der Waals surface area contributed by atoms with Crippen LogP contribution in [0.2, 0.25) is 0 Å². The van der Waals surface area contributed by atoms with Gasteiger partial charge in [0.15, 0.2) is 5.75 Å². The van der Waals surface area contributed by atoms with E-state index >= 15 is 0 Å². The van der Waals surface area contributed by atoms with Gasteiger partial charge in [-0.3, -0.25) is 9.59 Å². The molecule has 0 saturated carbocycles. The summed E-state index contributed by atoms with van der Waals surface area (Å²) in [6.07, 6.45) is -10.4. The van der Waals surface area contributed by atoms with Crippen molar-refractivity contribution in [2.45, 2.75) is 19.3 Å². The van der Waals surface area contributed by atoms with Gasteiger partial charge in [-0.25, -0.2) is 0 Å². The van der Waals surface area contributed by atoms with E-state index in [1.165, 1.54) is 24.3 Å². The molecule has 0 saturated heterocycles. The van der Waals surface area contributed by atoms with Gasteiger partial charge in [0, 0.05) is 12.5 Å². The van der Waals surface area contributed by atoms with E-state index in [1.54, 1.807) is 6.07 Å². The molecule has 0 spiro atoms. The first-order valence-corrected chi connectivity index (χ1v) is 7.27. The van der Waals surface area contributed by atoms with Crippen LogP contribution < -0.4 is 10.1 Å². The minimum absolute atomic E-state index is 0.0164. The van der Waals surface area contributed by atoms with Crippen LogP contribution >= 0.6 is 0 Å². The number of alkyl halides is 6.